The molecule has 0 saturated carbocycles. The van der Waals surface area contributed by atoms with Crippen molar-refractivity contribution in [2.75, 3.05) is 17.2 Å². The number of imidazole rings is 1. The molecule has 1 unspecified atom stereocenters. The molecule has 1 atom stereocenters. The maximum atomic E-state index is 5.95. The standard InChI is InChI=1S/C10H12N4S/c11-10-13-8-5-12-3-1-9(8)14(10)7-2-4-15-6-7/h1,3,5,7H,2,4,6H2,(H2,11,13). The molecule has 2 N–H and O–H groups in total. The van der Waals surface area contributed by atoms with Gasteiger partial charge >= 0.3 is 0 Å². The molecule has 3 rings (SSSR count). The van der Waals surface area contributed by atoms with Gasteiger partial charge in [-0.25, -0.2) is 4.98 Å². The molecule has 1 fully saturated rings. The van der Waals surface area contributed by atoms with Gasteiger partial charge in [-0.2, -0.15) is 11.8 Å². The van der Waals surface area contributed by atoms with Crippen LogP contribution in [0.4, 0.5) is 5.95 Å². The van der Waals surface area contributed by atoms with Gasteiger partial charge in [0.25, 0.3) is 0 Å². The second-order valence-corrected chi connectivity index (χ2v) is 4.87. The molecule has 2 aromatic rings. The van der Waals surface area contributed by atoms with Crippen LogP contribution in [0.25, 0.3) is 11.0 Å². The van der Waals surface area contributed by atoms with Gasteiger partial charge in [0.1, 0.15) is 5.52 Å². The van der Waals surface area contributed by atoms with Crippen LogP contribution in [0.3, 0.4) is 0 Å². The molecule has 15 heavy (non-hydrogen) atoms. The Labute approximate surface area is 91.9 Å². The van der Waals surface area contributed by atoms with Crippen molar-refractivity contribution in [1.82, 2.24) is 14.5 Å². The summed E-state index contributed by atoms with van der Waals surface area (Å²) in [5.41, 5.74) is 7.95. The maximum absolute atomic E-state index is 5.95. The zero-order valence-electron chi connectivity index (χ0n) is 8.26. The summed E-state index contributed by atoms with van der Waals surface area (Å²) in [5.74, 6) is 2.97. The fraction of sp³-hybridized carbons (Fsp3) is 0.400. The van der Waals surface area contributed by atoms with Gasteiger partial charge in [0.05, 0.1) is 11.7 Å². The smallest absolute Gasteiger partial charge is 0.201 e. The van der Waals surface area contributed by atoms with Crippen LogP contribution in [0.5, 0.6) is 0 Å². The van der Waals surface area contributed by atoms with Crippen molar-refractivity contribution in [1.29, 1.82) is 0 Å². The summed E-state index contributed by atoms with van der Waals surface area (Å²) in [7, 11) is 0. The van der Waals surface area contributed by atoms with Crippen molar-refractivity contribution in [2.45, 2.75) is 12.5 Å². The molecule has 3 heterocycles. The van der Waals surface area contributed by atoms with E-state index in [1.54, 1.807) is 12.4 Å². The highest BCUT2D eigenvalue weighted by Crippen LogP contribution is 2.32. The number of nitrogens with zero attached hydrogens (tertiary/aromatic N) is 3. The lowest BCUT2D eigenvalue weighted by Crippen LogP contribution is -2.10. The topological polar surface area (TPSA) is 56.7 Å². The van der Waals surface area contributed by atoms with Crippen molar-refractivity contribution >= 4 is 28.7 Å². The molecular weight excluding hydrogens is 208 g/mol. The Bertz CT molecular complexity index is 487. The minimum Gasteiger partial charge on any atom is -0.369 e. The second-order valence-electron chi connectivity index (χ2n) is 3.72. The van der Waals surface area contributed by atoms with Crippen LogP contribution in [0.2, 0.25) is 0 Å². The monoisotopic (exact) mass is 220 g/mol. The van der Waals surface area contributed by atoms with Crippen LogP contribution in [-0.2, 0) is 0 Å². The fourth-order valence-corrected chi connectivity index (χ4v) is 3.27. The predicted octanol–water partition coefficient (Wildman–Crippen LogP) is 1.69. The first kappa shape index (κ1) is 9.03. The SMILES string of the molecule is Nc1nc2cnccc2n1C1CCSC1. The highest BCUT2D eigenvalue weighted by atomic mass is 32.2. The fourth-order valence-electron chi connectivity index (χ4n) is 2.08. The summed E-state index contributed by atoms with van der Waals surface area (Å²) >= 11 is 1.98. The number of rotatable bonds is 1. The van der Waals surface area contributed by atoms with E-state index in [0.29, 0.717) is 12.0 Å². The first-order valence-corrected chi connectivity index (χ1v) is 6.17. The molecule has 78 valence electrons. The van der Waals surface area contributed by atoms with Crippen molar-refractivity contribution in [3.63, 3.8) is 0 Å². The number of fused-ring (bicyclic) bond motifs is 1. The molecule has 4 nitrogen and oxygen atoms in total. The van der Waals surface area contributed by atoms with E-state index < -0.39 is 0 Å². The number of hydrogen-bond acceptors (Lipinski definition) is 4. The van der Waals surface area contributed by atoms with Crippen LogP contribution in [0.1, 0.15) is 12.5 Å². The van der Waals surface area contributed by atoms with Crippen molar-refractivity contribution in [2.24, 2.45) is 0 Å². The number of aromatic nitrogens is 3. The van der Waals surface area contributed by atoms with Crippen LogP contribution in [-0.4, -0.2) is 26.0 Å². The molecular formula is C10H12N4S. The first-order chi connectivity index (χ1) is 7.36. The third kappa shape index (κ3) is 1.38. The van der Waals surface area contributed by atoms with E-state index in [4.69, 9.17) is 5.73 Å². The quantitative estimate of drug-likeness (QED) is 0.794. The van der Waals surface area contributed by atoms with E-state index in [-0.39, 0.29) is 0 Å². The number of thioether (sulfide) groups is 1. The van der Waals surface area contributed by atoms with Gasteiger partial charge in [-0.05, 0) is 18.2 Å². The summed E-state index contributed by atoms with van der Waals surface area (Å²) in [6.07, 6.45) is 4.75. The number of hydrogen-bond donors (Lipinski definition) is 1. The molecule has 1 saturated heterocycles. The van der Waals surface area contributed by atoms with Crippen LogP contribution >= 0.6 is 11.8 Å². The minimum atomic E-state index is 0.502. The van der Waals surface area contributed by atoms with Crippen molar-refractivity contribution < 1.29 is 0 Å². The zero-order valence-corrected chi connectivity index (χ0v) is 9.07. The Hall–Kier alpha value is -1.23. The summed E-state index contributed by atoms with van der Waals surface area (Å²) in [5, 5.41) is 0. The lowest BCUT2D eigenvalue weighted by molar-refractivity contribution is 0.583. The van der Waals surface area contributed by atoms with Crippen LogP contribution < -0.4 is 5.73 Å². The van der Waals surface area contributed by atoms with E-state index in [2.05, 4.69) is 14.5 Å². The van der Waals surface area contributed by atoms with E-state index in [1.165, 1.54) is 12.2 Å². The van der Waals surface area contributed by atoms with Gasteiger partial charge in [-0.1, -0.05) is 0 Å². The molecule has 2 aromatic heterocycles. The molecule has 0 spiro atoms. The highest BCUT2D eigenvalue weighted by Gasteiger charge is 2.21. The van der Waals surface area contributed by atoms with Gasteiger partial charge in [0.15, 0.2) is 0 Å². The lowest BCUT2D eigenvalue weighted by Gasteiger charge is -2.12. The molecule has 0 bridgehead atoms. The first-order valence-electron chi connectivity index (χ1n) is 5.01. The van der Waals surface area contributed by atoms with Gasteiger partial charge in [-0.15, -0.1) is 0 Å². The summed E-state index contributed by atoms with van der Waals surface area (Å²) in [6.45, 7) is 0. The van der Waals surface area contributed by atoms with E-state index in [1.807, 2.05) is 17.8 Å². The summed E-state index contributed by atoms with van der Waals surface area (Å²) in [4.78, 5) is 8.38. The molecule has 0 amide bonds. The average molecular weight is 220 g/mol. The van der Waals surface area contributed by atoms with E-state index >= 15 is 0 Å². The largest absolute Gasteiger partial charge is 0.369 e. The second kappa shape index (κ2) is 3.41. The van der Waals surface area contributed by atoms with Gasteiger partial charge in [-0.3, -0.25) is 4.98 Å². The molecule has 0 radical (unpaired) electrons. The Morgan fingerprint density at radius 1 is 1.53 bits per heavy atom. The summed E-state index contributed by atoms with van der Waals surface area (Å²) < 4.78 is 2.15. The highest BCUT2D eigenvalue weighted by molar-refractivity contribution is 7.99. The van der Waals surface area contributed by atoms with Crippen molar-refractivity contribution in [3.05, 3.63) is 18.5 Å². The Morgan fingerprint density at radius 2 is 2.47 bits per heavy atom. The number of pyridine rings is 1. The number of nitrogen functional groups attached to an aromatic ring is 1. The van der Waals surface area contributed by atoms with Gasteiger partial charge < -0.3 is 10.3 Å². The molecule has 5 heteroatoms. The van der Waals surface area contributed by atoms with E-state index in [9.17, 15) is 0 Å². The maximum Gasteiger partial charge on any atom is 0.201 e. The third-order valence-corrected chi connectivity index (χ3v) is 3.93. The molecule has 1 aliphatic heterocycles. The number of nitrogens with two attached hydrogens (primary N) is 1. The zero-order chi connectivity index (χ0) is 10.3. The normalized spacial score (nSPS) is 21.2. The van der Waals surface area contributed by atoms with E-state index in [0.717, 1.165) is 16.8 Å². The van der Waals surface area contributed by atoms with Gasteiger partial charge in [0, 0.05) is 18.0 Å². The Balaban J connectivity index is 2.19. The molecule has 1 aliphatic rings. The minimum absolute atomic E-state index is 0.502. The summed E-state index contributed by atoms with van der Waals surface area (Å²) in [6, 6.07) is 2.49. The molecule has 0 aromatic carbocycles. The van der Waals surface area contributed by atoms with Gasteiger partial charge in [0.2, 0.25) is 5.95 Å². The molecule has 0 aliphatic carbocycles. The third-order valence-electron chi connectivity index (χ3n) is 2.79. The lowest BCUT2D eigenvalue weighted by atomic mass is 10.2. The van der Waals surface area contributed by atoms with Crippen LogP contribution in [0.15, 0.2) is 18.5 Å². The predicted molar refractivity (Wildman–Crippen MR) is 62.9 cm³/mol. The average Bonchev–Trinajstić information content (AvgIpc) is 2.82. The Morgan fingerprint density at radius 3 is 3.27 bits per heavy atom. The van der Waals surface area contributed by atoms with Crippen LogP contribution in [0, 0.1) is 0 Å². The number of anilines is 1. The van der Waals surface area contributed by atoms with Crippen molar-refractivity contribution in [3.8, 4) is 0 Å². The Kier molecular flexibility index (Phi) is 2.05.